The second-order valence-corrected chi connectivity index (χ2v) is 40.7. The molecule has 1 aromatic heterocycles. The van der Waals surface area contributed by atoms with Gasteiger partial charge in [0.1, 0.15) is 34.3 Å². The van der Waals surface area contributed by atoms with Crippen molar-refractivity contribution < 1.29 is 62.1 Å². The minimum absolute atomic E-state index is 0.0233. The third kappa shape index (κ3) is 57.2. The number of Topliss-reactive ketones (excluding diaryl/α,β-unsaturated/α-hetero) is 2. The number of thiazole rings is 1. The molecule has 4 aliphatic rings. The van der Waals surface area contributed by atoms with E-state index in [1.54, 1.807) is 58.6 Å². The average Bonchev–Trinajstić information content (AvgIpc) is 1.70. The van der Waals surface area contributed by atoms with Crippen LogP contribution in [0.2, 0.25) is 0 Å². The number of aromatic nitrogens is 1. The molecule has 5 aromatic rings. The number of aryl methyl sites for hydroxylation is 1. The first-order valence-electron chi connectivity index (χ1n) is 52.1. The molecule has 4 aliphatic heterocycles. The van der Waals surface area contributed by atoms with Gasteiger partial charge in [0.25, 0.3) is 5.91 Å². The SMILES string of the molecule is C=C1NC(CCCCCC/C=C\CCCCNC(=O)NCCCCC)NS1.CCCCCC(=O)C(=O)NCCCCCOc1cccc2c1NC(NC(C)=O)S2.CCCCCCC(=O)CCCCCCOc1cccc2c1NC(NC(C)=O)S2.CCCCCNC(=O)NCCCC/C=C\CCOc1cccc2sc(C)nc12.CCCCCNC(=O)NCCCCCOc1cccc2c1NC(NC(C)=O)S2. The van der Waals surface area contributed by atoms with Gasteiger partial charge in [0.05, 0.1) is 64.4 Å². The van der Waals surface area contributed by atoms with Gasteiger partial charge < -0.3 is 93.4 Å². The first-order chi connectivity index (χ1) is 68.1. The molecule has 5 heterocycles. The number of amides is 10. The summed E-state index contributed by atoms with van der Waals surface area (Å²) in [6.07, 6.45) is 53.1. The summed E-state index contributed by atoms with van der Waals surface area (Å²) in [6.45, 7) is 28.6. The molecule has 4 aromatic carbocycles. The van der Waals surface area contributed by atoms with Gasteiger partial charge in [0.15, 0.2) is 16.5 Å². The molecule has 140 heavy (non-hydrogen) atoms. The Bertz CT molecular complexity index is 4300. The number of urea groups is 3. The molecular formula is C106H170N16O13S5. The van der Waals surface area contributed by atoms with Crippen molar-refractivity contribution in [3.8, 4) is 23.0 Å². The number of nitrogens with one attached hydrogen (secondary N) is 15. The number of benzene rings is 4. The van der Waals surface area contributed by atoms with E-state index in [1.165, 1.54) is 103 Å². The van der Waals surface area contributed by atoms with E-state index in [0.717, 1.165) is 289 Å². The van der Waals surface area contributed by atoms with E-state index in [4.69, 9.17) is 18.9 Å². The first kappa shape index (κ1) is 121. The van der Waals surface area contributed by atoms with Crippen LogP contribution in [0.3, 0.4) is 0 Å². The Hall–Kier alpha value is -9.22. The van der Waals surface area contributed by atoms with Crippen LogP contribution in [0.1, 0.15) is 330 Å². The van der Waals surface area contributed by atoms with Gasteiger partial charge in [0, 0.05) is 101 Å². The van der Waals surface area contributed by atoms with Crippen molar-refractivity contribution in [3.63, 3.8) is 0 Å². The molecule has 1 fully saturated rings. The third-order valence-electron chi connectivity index (χ3n) is 22.4. The van der Waals surface area contributed by atoms with Crippen LogP contribution in [0, 0.1) is 6.92 Å². The maximum absolute atomic E-state index is 11.8. The molecule has 782 valence electrons. The predicted molar refractivity (Wildman–Crippen MR) is 581 cm³/mol. The minimum atomic E-state index is -0.463. The lowest BCUT2D eigenvalue weighted by molar-refractivity contribution is -0.138. The Labute approximate surface area is 857 Å². The number of fused-ring (bicyclic) bond motifs is 4. The Kier molecular flexibility index (Phi) is 67.8. The summed E-state index contributed by atoms with van der Waals surface area (Å²) >= 11 is 8.01. The Morgan fingerprint density at radius 2 is 0.707 bits per heavy atom. The number of carbonyl (C=O) groups is 9. The van der Waals surface area contributed by atoms with Gasteiger partial charge in [-0.25, -0.2) is 24.1 Å². The molecule has 29 nitrogen and oxygen atoms in total. The summed E-state index contributed by atoms with van der Waals surface area (Å²) in [6, 6.07) is 23.7. The monoisotopic (exact) mass is 2040 g/mol. The Balaban J connectivity index is 0.000000309. The Morgan fingerprint density at radius 1 is 0.371 bits per heavy atom. The topological polar surface area (TPSA) is 384 Å². The standard InChI is InChI=1S/C22H33N3O2S.C22H34N2O3S.C21H40N4OS.C21H31N3O4S.C20H32N4O3S/c1-3-4-9-15-23-22(26)24-16-10-7-5-6-8-11-17-27-19-13-12-14-20-21(19)25-18(2)28-20;1-3-4-5-8-12-18(26)13-9-6-7-10-16-27-19-14-11-15-20-21(19)24-22(28-20)23-17(2)25;1-3-4-14-17-22-21(26)23-18-15-12-10-8-6-5-7-9-11-13-16-20-24-19(2)27-25-20;1-3-4-6-10-16(26)20(27)22-13-7-5-8-14-28-17-11-9-12-18-19(17)24-21(29-18)23-15(2)25;1-3-4-6-12-21-19(26)22-13-7-5-8-14-27-16-10-9-11-17-18(16)24-20(28-17)23-15(2)25/h6,8,12-14H,3-5,7,9-11,15-17H2,1-2H3,(H2,23,24,26);11,14-15,22,24H,3-10,12-13,16H2,1-2H3,(H,23,25);6,8,20,24-25H,2-5,7,9-18H2,1H3,(H2,22,23,26);9,11-12,21,24H,3-8,10,13-14H2,1-2H3,(H,22,27)(H,23,25);9-11,20,24H,3-8,12-14H2,1-2H3,(H,23,25)(H2,21,22,26)/b8-6-;;8-6-;;. The van der Waals surface area contributed by atoms with Gasteiger partial charge in [-0.2, -0.15) is 0 Å². The highest BCUT2D eigenvalue weighted by Gasteiger charge is 2.29. The van der Waals surface area contributed by atoms with Crippen LogP contribution in [0.15, 0.2) is 123 Å². The number of unbranched alkanes of at least 4 members (excludes halogenated alkanes) is 26. The van der Waals surface area contributed by atoms with Crippen molar-refractivity contribution in [2.24, 2.45) is 0 Å². The fraction of sp³-hybridized carbons (Fsp3) is 0.623. The van der Waals surface area contributed by atoms with Crippen molar-refractivity contribution in [2.45, 2.75) is 369 Å². The van der Waals surface area contributed by atoms with E-state index in [2.05, 4.69) is 156 Å². The molecule has 0 radical (unpaired) electrons. The first-order valence-corrected chi connectivity index (χ1v) is 56.3. The molecule has 1 saturated heterocycles. The van der Waals surface area contributed by atoms with Gasteiger partial charge in [-0.3, -0.25) is 28.8 Å². The normalized spacial score (nSPS) is 14.4. The second kappa shape index (κ2) is 78.3. The maximum Gasteiger partial charge on any atom is 0.314 e. The number of nitrogens with zero attached hydrogens (tertiary/aromatic N) is 1. The van der Waals surface area contributed by atoms with Gasteiger partial charge >= 0.3 is 18.1 Å². The van der Waals surface area contributed by atoms with Crippen molar-refractivity contribution in [1.29, 1.82) is 0 Å². The number of para-hydroxylation sites is 4. The summed E-state index contributed by atoms with van der Waals surface area (Å²) in [7, 11) is 0. The van der Waals surface area contributed by atoms with E-state index in [0.29, 0.717) is 57.9 Å². The van der Waals surface area contributed by atoms with Crippen LogP contribution in [-0.2, 0) is 28.8 Å². The molecule has 4 atom stereocenters. The Morgan fingerprint density at radius 3 is 1.13 bits per heavy atom. The summed E-state index contributed by atoms with van der Waals surface area (Å²) < 4.78 is 28.2. The van der Waals surface area contributed by atoms with Crippen LogP contribution < -0.4 is 98.1 Å². The molecule has 0 aliphatic carbocycles. The van der Waals surface area contributed by atoms with E-state index in [1.807, 2.05) is 73.7 Å². The predicted octanol–water partition coefficient (Wildman–Crippen LogP) is 23.4. The van der Waals surface area contributed by atoms with Gasteiger partial charge in [-0.15, -0.1) is 11.3 Å². The summed E-state index contributed by atoms with van der Waals surface area (Å²) in [5.41, 5.74) is 3.29. The van der Waals surface area contributed by atoms with E-state index in [9.17, 15) is 43.2 Å². The number of thioether (sulfide) groups is 3. The number of carbonyl (C=O) groups excluding carboxylic acids is 9. The van der Waals surface area contributed by atoms with E-state index >= 15 is 0 Å². The lowest BCUT2D eigenvalue weighted by Gasteiger charge is -2.13. The lowest BCUT2D eigenvalue weighted by atomic mass is 10.0. The molecule has 15 N–H and O–H groups in total. The fourth-order valence-electron chi connectivity index (χ4n) is 14.8. The minimum Gasteiger partial charge on any atom is -0.491 e. The largest absolute Gasteiger partial charge is 0.491 e. The lowest BCUT2D eigenvalue weighted by Crippen LogP contribution is -2.36. The molecule has 10 amide bonds. The van der Waals surface area contributed by atoms with Crippen molar-refractivity contribution in [2.75, 3.05) is 88.2 Å². The highest BCUT2D eigenvalue weighted by Crippen LogP contribution is 2.46. The highest BCUT2D eigenvalue weighted by molar-refractivity contribution is 8.01. The zero-order chi connectivity index (χ0) is 101. The molecule has 4 unspecified atom stereocenters. The number of ether oxygens (including phenoxy) is 4. The zero-order valence-corrected chi connectivity index (χ0v) is 89.6. The highest BCUT2D eigenvalue weighted by atomic mass is 32.2. The molecule has 9 rings (SSSR count). The van der Waals surface area contributed by atoms with Gasteiger partial charge in [0.2, 0.25) is 23.5 Å². The number of anilines is 3. The number of allylic oxidation sites excluding steroid dienone is 3. The zero-order valence-electron chi connectivity index (χ0n) is 85.5. The number of hydrogen-bond donors (Lipinski definition) is 15. The number of hydrogen-bond acceptors (Lipinski definition) is 24. The summed E-state index contributed by atoms with van der Waals surface area (Å²) in [5, 5.41) is 43.9. The van der Waals surface area contributed by atoms with Crippen LogP contribution in [0.4, 0.5) is 31.4 Å². The average molecular weight is 2040 g/mol. The second-order valence-electron chi connectivity index (χ2n) is 35.1. The number of ketones is 2. The van der Waals surface area contributed by atoms with E-state index < -0.39 is 5.91 Å². The van der Waals surface area contributed by atoms with Gasteiger partial charge in [-0.05, 0) is 215 Å². The van der Waals surface area contributed by atoms with Crippen LogP contribution in [0.5, 0.6) is 23.0 Å². The quantitative estimate of drug-likeness (QED) is 0.00744. The van der Waals surface area contributed by atoms with E-state index in [-0.39, 0.29) is 58.1 Å². The summed E-state index contributed by atoms with van der Waals surface area (Å²) in [4.78, 5) is 111. The summed E-state index contributed by atoms with van der Waals surface area (Å²) in [5.74, 6) is 2.72. The third-order valence-corrected chi connectivity index (χ3v) is 27.3. The van der Waals surface area contributed by atoms with Crippen LogP contribution in [-0.4, -0.2) is 153 Å². The van der Waals surface area contributed by atoms with Crippen LogP contribution in [0.25, 0.3) is 10.2 Å². The fourth-order valence-corrected chi connectivity index (χ4v) is 19.6. The van der Waals surface area contributed by atoms with Gasteiger partial charge in [-0.1, -0.05) is 228 Å². The molecule has 34 heteroatoms. The van der Waals surface area contributed by atoms with Crippen molar-refractivity contribution in [1.82, 2.24) is 68.2 Å². The maximum atomic E-state index is 11.8. The van der Waals surface area contributed by atoms with Crippen molar-refractivity contribution in [3.05, 3.63) is 114 Å². The smallest absolute Gasteiger partial charge is 0.314 e. The number of rotatable bonds is 68. The molecule has 0 spiro atoms. The molecular weight excluding hydrogens is 1870 g/mol. The van der Waals surface area contributed by atoms with Crippen molar-refractivity contribution >= 4 is 139 Å². The van der Waals surface area contributed by atoms with Crippen LogP contribution >= 0.6 is 58.6 Å². The molecule has 0 bridgehead atoms. The molecule has 0 saturated carbocycles.